The van der Waals surface area contributed by atoms with E-state index < -0.39 is 15.8 Å². The number of anilines is 1. The van der Waals surface area contributed by atoms with Crippen LogP contribution in [0.25, 0.3) is 0 Å². The van der Waals surface area contributed by atoms with Gasteiger partial charge in [0.1, 0.15) is 5.82 Å². The molecule has 0 radical (unpaired) electrons. The van der Waals surface area contributed by atoms with Gasteiger partial charge in [0, 0.05) is 18.8 Å². The third kappa shape index (κ3) is 5.05. The van der Waals surface area contributed by atoms with Crippen LogP contribution in [0.2, 0.25) is 0 Å². The third-order valence-electron chi connectivity index (χ3n) is 4.50. The summed E-state index contributed by atoms with van der Waals surface area (Å²) in [6.07, 6.45) is 1.08. The number of halogens is 1. The van der Waals surface area contributed by atoms with Gasteiger partial charge in [-0.25, -0.2) is 12.8 Å². The molecule has 2 aromatic rings. The number of nitrogens with one attached hydrogen (secondary N) is 1. The molecule has 1 fully saturated rings. The molecular formula is C19H21FN2O4S. The van der Waals surface area contributed by atoms with E-state index in [1.165, 1.54) is 12.1 Å². The first-order valence-corrected chi connectivity index (χ1v) is 10.1. The standard InChI is InChI=1S/C19H21FN2O4S/c20-15-3-7-18(8-4-15)27(25,26)21-16-5-1-14(2-6-16)13-19(24)22-11-9-17(23)10-12-22/h1-8,17,21,23H,9-13H2. The van der Waals surface area contributed by atoms with E-state index in [-0.39, 0.29) is 23.3 Å². The highest BCUT2D eigenvalue weighted by atomic mass is 32.2. The molecule has 0 bridgehead atoms. The van der Waals surface area contributed by atoms with Gasteiger partial charge in [0.15, 0.2) is 0 Å². The van der Waals surface area contributed by atoms with Crippen LogP contribution >= 0.6 is 0 Å². The molecule has 0 atom stereocenters. The lowest BCUT2D eigenvalue weighted by atomic mass is 10.1. The van der Waals surface area contributed by atoms with E-state index >= 15 is 0 Å². The molecule has 0 aromatic heterocycles. The van der Waals surface area contributed by atoms with Crippen molar-refractivity contribution in [3.05, 3.63) is 59.9 Å². The Bertz CT molecular complexity index is 890. The fourth-order valence-corrected chi connectivity index (χ4v) is 3.98. The summed E-state index contributed by atoms with van der Waals surface area (Å²) in [6.45, 7) is 1.10. The zero-order chi connectivity index (χ0) is 19.4. The lowest BCUT2D eigenvalue weighted by Gasteiger charge is -2.29. The van der Waals surface area contributed by atoms with Crippen LogP contribution in [0.4, 0.5) is 10.1 Å². The fraction of sp³-hybridized carbons (Fsp3) is 0.316. The molecule has 3 rings (SSSR count). The second-order valence-corrected chi connectivity index (χ2v) is 8.23. The van der Waals surface area contributed by atoms with Gasteiger partial charge in [-0.05, 0) is 54.8 Å². The van der Waals surface area contributed by atoms with Crippen LogP contribution in [-0.4, -0.2) is 43.5 Å². The minimum Gasteiger partial charge on any atom is -0.393 e. The average Bonchev–Trinajstić information content (AvgIpc) is 2.64. The van der Waals surface area contributed by atoms with Gasteiger partial charge in [0.25, 0.3) is 10.0 Å². The number of carbonyl (C=O) groups is 1. The lowest BCUT2D eigenvalue weighted by molar-refractivity contribution is -0.132. The second kappa shape index (κ2) is 8.06. The van der Waals surface area contributed by atoms with Crippen LogP contribution in [0.15, 0.2) is 53.4 Å². The smallest absolute Gasteiger partial charge is 0.261 e. The van der Waals surface area contributed by atoms with Gasteiger partial charge < -0.3 is 10.0 Å². The summed E-state index contributed by atoms with van der Waals surface area (Å²) in [6, 6.07) is 11.1. The quantitative estimate of drug-likeness (QED) is 0.816. The summed E-state index contributed by atoms with van der Waals surface area (Å²) < 4.78 is 40.0. The van der Waals surface area contributed by atoms with Crippen molar-refractivity contribution in [3.8, 4) is 0 Å². The number of aliphatic hydroxyl groups excluding tert-OH is 1. The molecule has 1 aliphatic heterocycles. The van der Waals surface area contributed by atoms with Crippen molar-refractivity contribution in [2.45, 2.75) is 30.3 Å². The van der Waals surface area contributed by atoms with E-state index in [1.807, 2.05) is 0 Å². The van der Waals surface area contributed by atoms with Gasteiger partial charge in [0.2, 0.25) is 5.91 Å². The zero-order valence-corrected chi connectivity index (χ0v) is 15.5. The molecule has 1 heterocycles. The van der Waals surface area contributed by atoms with E-state index in [2.05, 4.69) is 4.72 Å². The van der Waals surface area contributed by atoms with Gasteiger partial charge in [-0.15, -0.1) is 0 Å². The molecule has 8 heteroatoms. The van der Waals surface area contributed by atoms with Crippen molar-refractivity contribution < 1.29 is 22.7 Å². The summed E-state index contributed by atoms with van der Waals surface area (Å²) in [4.78, 5) is 14.0. The van der Waals surface area contributed by atoms with Gasteiger partial charge in [-0.2, -0.15) is 0 Å². The largest absolute Gasteiger partial charge is 0.393 e. The fourth-order valence-electron chi connectivity index (χ4n) is 2.92. The van der Waals surface area contributed by atoms with Crippen LogP contribution in [0.1, 0.15) is 18.4 Å². The number of benzene rings is 2. The predicted octanol–water partition coefficient (Wildman–Crippen LogP) is 2.15. The average molecular weight is 392 g/mol. The SMILES string of the molecule is O=C(Cc1ccc(NS(=O)(=O)c2ccc(F)cc2)cc1)N1CCC(O)CC1. The number of hydrogen-bond donors (Lipinski definition) is 2. The Morgan fingerprint density at radius 2 is 1.67 bits per heavy atom. The normalized spacial score (nSPS) is 15.6. The molecule has 2 N–H and O–H groups in total. The summed E-state index contributed by atoms with van der Waals surface area (Å²) >= 11 is 0. The highest BCUT2D eigenvalue weighted by Gasteiger charge is 2.21. The molecule has 0 unspecified atom stereocenters. The van der Waals surface area contributed by atoms with Crippen molar-refractivity contribution in [1.82, 2.24) is 4.90 Å². The highest BCUT2D eigenvalue weighted by molar-refractivity contribution is 7.92. The lowest BCUT2D eigenvalue weighted by Crippen LogP contribution is -2.40. The predicted molar refractivity (Wildman–Crippen MR) is 99.2 cm³/mol. The van der Waals surface area contributed by atoms with Crippen LogP contribution in [0.3, 0.4) is 0 Å². The topological polar surface area (TPSA) is 86.7 Å². The number of nitrogens with zero attached hydrogens (tertiary/aromatic N) is 1. The summed E-state index contributed by atoms with van der Waals surface area (Å²) in [5.41, 5.74) is 1.13. The van der Waals surface area contributed by atoms with Gasteiger partial charge in [-0.1, -0.05) is 12.1 Å². The number of aliphatic hydroxyl groups is 1. The summed E-state index contributed by atoms with van der Waals surface area (Å²) in [5, 5.41) is 9.51. The van der Waals surface area contributed by atoms with E-state index in [9.17, 15) is 22.7 Å². The molecule has 1 saturated heterocycles. The molecule has 6 nitrogen and oxygen atoms in total. The maximum absolute atomic E-state index is 12.9. The Balaban J connectivity index is 1.61. The number of likely N-dealkylation sites (tertiary alicyclic amines) is 1. The Kier molecular flexibility index (Phi) is 5.76. The Hall–Kier alpha value is -2.45. The van der Waals surface area contributed by atoms with Crippen molar-refractivity contribution in [3.63, 3.8) is 0 Å². The first-order chi connectivity index (χ1) is 12.8. The molecular weight excluding hydrogens is 371 g/mol. The highest BCUT2D eigenvalue weighted by Crippen LogP contribution is 2.18. The second-order valence-electron chi connectivity index (χ2n) is 6.55. The summed E-state index contributed by atoms with van der Waals surface area (Å²) in [7, 11) is -3.80. The van der Waals surface area contributed by atoms with Crippen LogP contribution in [-0.2, 0) is 21.2 Å². The van der Waals surface area contributed by atoms with Crippen LogP contribution in [0, 0.1) is 5.82 Å². The molecule has 0 aliphatic carbocycles. The van der Waals surface area contributed by atoms with Gasteiger partial charge >= 0.3 is 0 Å². The first kappa shape index (κ1) is 19.3. The van der Waals surface area contributed by atoms with E-state index in [1.54, 1.807) is 29.2 Å². The van der Waals surface area contributed by atoms with E-state index in [0.717, 1.165) is 17.7 Å². The molecule has 2 aromatic carbocycles. The monoisotopic (exact) mass is 392 g/mol. The zero-order valence-electron chi connectivity index (χ0n) is 14.6. The molecule has 144 valence electrons. The maximum atomic E-state index is 12.9. The van der Waals surface area contributed by atoms with Crippen molar-refractivity contribution in [2.75, 3.05) is 17.8 Å². The maximum Gasteiger partial charge on any atom is 0.261 e. The van der Waals surface area contributed by atoms with Crippen LogP contribution < -0.4 is 4.72 Å². The Morgan fingerprint density at radius 1 is 1.07 bits per heavy atom. The number of rotatable bonds is 5. The molecule has 0 spiro atoms. The number of amides is 1. The number of hydrogen-bond acceptors (Lipinski definition) is 4. The molecule has 1 aliphatic rings. The van der Waals surface area contributed by atoms with Gasteiger partial charge in [0.05, 0.1) is 17.4 Å². The number of carbonyl (C=O) groups excluding carboxylic acids is 1. The molecule has 0 saturated carbocycles. The number of sulfonamides is 1. The summed E-state index contributed by atoms with van der Waals surface area (Å²) in [5.74, 6) is -0.521. The van der Waals surface area contributed by atoms with Gasteiger partial charge in [-0.3, -0.25) is 9.52 Å². The Morgan fingerprint density at radius 3 is 2.26 bits per heavy atom. The van der Waals surface area contributed by atoms with Crippen molar-refractivity contribution in [1.29, 1.82) is 0 Å². The Labute approximate surface area is 157 Å². The van der Waals surface area contributed by atoms with E-state index in [0.29, 0.717) is 31.6 Å². The first-order valence-electron chi connectivity index (χ1n) is 8.67. The van der Waals surface area contributed by atoms with Crippen molar-refractivity contribution in [2.24, 2.45) is 0 Å². The van der Waals surface area contributed by atoms with Crippen LogP contribution in [0.5, 0.6) is 0 Å². The third-order valence-corrected chi connectivity index (χ3v) is 5.90. The molecule has 1 amide bonds. The van der Waals surface area contributed by atoms with E-state index in [4.69, 9.17) is 0 Å². The molecule has 27 heavy (non-hydrogen) atoms. The minimum atomic E-state index is -3.80. The minimum absolute atomic E-state index is 0.0125. The number of piperidine rings is 1. The van der Waals surface area contributed by atoms with Crippen molar-refractivity contribution >= 4 is 21.6 Å².